The molecule has 0 radical (unpaired) electrons. The van der Waals surface area contributed by atoms with E-state index in [9.17, 15) is 0 Å². The summed E-state index contributed by atoms with van der Waals surface area (Å²) in [7, 11) is 2.21. The number of nitrogens with zero attached hydrogens (tertiary/aromatic N) is 2. The molecule has 0 bridgehead atoms. The summed E-state index contributed by atoms with van der Waals surface area (Å²) in [5, 5.41) is 0. The Labute approximate surface area is 141 Å². The smallest absolute Gasteiger partial charge is 0.0876 e. The number of rotatable bonds is 5. The zero-order valence-electron chi connectivity index (χ0n) is 15.6. The highest BCUT2D eigenvalue weighted by Crippen LogP contribution is 2.42. The van der Waals surface area contributed by atoms with E-state index in [1.807, 2.05) is 0 Å². The Bertz CT molecular complexity index is 548. The van der Waals surface area contributed by atoms with Gasteiger partial charge in [0.25, 0.3) is 0 Å². The van der Waals surface area contributed by atoms with E-state index in [0.29, 0.717) is 5.41 Å². The molecule has 2 aliphatic heterocycles. The molecule has 1 spiro atoms. The molecule has 2 heterocycles. The summed E-state index contributed by atoms with van der Waals surface area (Å²) >= 11 is 0. The lowest BCUT2D eigenvalue weighted by Crippen LogP contribution is -2.75. The van der Waals surface area contributed by atoms with Crippen molar-refractivity contribution in [2.75, 3.05) is 39.8 Å². The van der Waals surface area contributed by atoms with Crippen molar-refractivity contribution in [1.82, 2.24) is 9.80 Å². The van der Waals surface area contributed by atoms with Crippen molar-refractivity contribution in [3.05, 3.63) is 35.4 Å². The third-order valence-corrected chi connectivity index (χ3v) is 5.65. The predicted octanol–water partition coefficient (Wildman–Crippen LogP) is 3.27. The third-order valence-electron chi connectivity index (χ3n) is 5.65. The van der Waals surface area contributed by atoms with E-state index >= 15 is 0 Å². The Morgan fingerprint density at radius 3 is 2.09 bits per heavy atom. The Hall–Kier alpha value is -0.900. The predicted molar refractivity (Wildman–Crippen MR) is 95.7 cm³/mol. The van der Waals surface area contributed by atoms with Crippen LogP contribution in [0.2, 0.25) is 0 Å². The van der Waals surface area contributed by atoms with E-state index in [-0.39, 0.29) is 11.1 Å². The zero-order valence-corrected chi connectivity index (χ0v) is 15.6. The molecule has 0 aliphatic carbocycles. The van der Waals surface area contributed by atoms with Crippen molar-refractivity contribution in [1.29, 1.82) is 0 Å². The van der Waals surface area contributed by atoms with Crippen molar-refractivity contribution in [2.45, 2.75) is 45.8 Å². The molecule has 23 heavy (non-hydrogen) atoms. The molecule has 2 saturated heterocycles. The number of likely N-dealkylation sites (tertiary alicyclic amines) is 2. The van der Waals surface area contributed by atoms with Crippen molar-refractivity contribution in [2.24, 2.45) is 5.41 Å². The largest absolute Gasteiger partial charge is 0.369 e. The van der Waals surface area contributed by atoms with E-state index in [1.165, 1.54) is 37.3 Å². The normalized spacial score (nSPS) is 22.0. The van der Waals surface area contributed by atoms with Gasteiger partial charge >= 0.3 is 0 Å². The van der Waals surface area contributed by atoms with Crippen LogP contribution in [-0.2, 0) is 10.3 Å². The molecular formula is C20H32N2O. The van der Waals surface area contributed by atoms with Crippen LogP contribution in [0.3, 0.4) is 0 Å². The van der Waals surface area contributed by atoms with Crippen molar-refractivity contribution in [3.8, 4) is 0 Å². The van der Waals surface area contributed by atoms with Gasteiger partial charge in [-0.15, -0.1) is 0 Å². The van der Waals surface area contributed by atoms with Crippen LogP contribution in [0, 0.1) is 12.3 Å². The lowest BCUT2D eigenvalue weighted by atomic mass is 9.71. The Morgan fingerprint density at radius 1 is 1.00 bits per heavy atom. The molecule has 0 amide bonds. The first-order valence-electron chi connectivity index (χ1n) is 8.77. The van der Waals surface area contributed by atoms with Crippen LogP contribution in [0.4, 0.5) is 0 Å². The molecule has 2 aliphatic rings. The van der Waals surface area contributed by atoms with Gasteiger partial charge < -0.3 is 9.64 Å². The van der Waals surface area contributed by atoms with Gasteiger partial charge in [0.2, 0.25) is 0 Å². The summed E-state index contributed by atoms with van der Waals surface area (Å²) in [6.07, 6.45) is 0. The van der Waals surface area contributed by atoms with Gasteiger partial charge in [-0.25, -0.2) is 0 Å². The third kappa shape index (κ3) is 3.33. The Morgan fingerprint density at radius 2 is 1.57 bits per heavy atom. The fraction of sp³-hybridized carbons (Fsp3) is 0.700. The molecule has 0 atom stereocenters. The van der Waals surface area contributed by atoms with E-state index in [1.54, 1.807) is 0 Å². The molecule has 1 aromatic carbocycles. The molecule has 128 valence electrons. The maximum absolute atomic E-state index is 6.37. The first-order chi connectivity index (χ1) is 10.6. The fourth-order valence-electron chi connectivity index (χ4n) is 3.98. The fourth-order valence-corrected chi connectivity index (χ4v) is 3.98. The van der Waals surface area contributed by atoms with Crippen molar-refractivity contribution < 1.29 is 4.74 Å². The highest BCUT2D eigenvalue weighted by molar-refractivity contribution is 5.25. The second-order valence-corrected chi connectivity index (χ2v) is 9.01. The van der Waals surface area contributed by atoms with E-state index in [2.05, 4.69) is 75.7 Å². The lowest BCUT2D eigenvalue weighted by molar-refractivity contribution is -0.165. The molecule has 0 N–H and O–H groups in total. The van der Waals surface area contributed by atoms with E-state index in [0.717, 1.165) is 6.61 Å². The van der Waals surface area contributed by atoms with Gasteiger partial charge in [0.05, 0.1) is 12.2 Å². The summed E-state index contributed by atoms with van der Waals surface area (Å²) in [6, 6.07) is 8.70. The molecule has 3 heteroatoms. The minimum Gasteiger partial charge on any atom is -0.369 e. The van der Waals surface area contributed by atoms with Crippen molar-refractivity contribution in [3.63, 3.8) is 0 Å². The monoisotopic (exact) mass is 316 g/mol. The average molecular weight is 316 g/mol. The van der Waals surface area contributed by atoms with Gasteiger partial charge in [0.1, 0.15) is 0 Å². The minimum atomic E-state index is -0.246. The highest BCUT2D eigenvalue weighted by atomic mass is 16.5. The quantitative estimate of drug-likeness (QED) is 0.829. The topological polar surface area (TPSA) is 15.7 Å². The number of hydrogen-bond acceptors (Lipinski definition) is 3. The van der Waals surface area contributed by atoms with Gasteiger partial charge in [-0.05, 0) is 47.2 Å². The molecular weight excluding hydrogens is 284 g/mol. The lowest BCUT2D eigenvalue weighted by Gasteiger charge is -2.63. The zero-order chi connectivity index (χ0) is 16.9. The summed E-state index contributed by atoms with van der Waals surface area (Å²) < 4.78 is 6.37. The van der Waals surface area contributed by atoms with Gasteiger partial charge in [-0.3, -0.25) is 4.90 Å². The first-order valence-corrected chi connectivity index (χ1v) is 8.77. The minimum absolute atomic E-state index is 0.0986. The summed E-state index contributed by atoms with van der Waals surface area (Å²) in [5.74, 6) is 0. The van der Waals surface area contributed by atoms with Crippen LogP contribution in [-0.4, -0.2) is 55.2 Å². The van der Waals surface area contributed by atoms with Gasteiger partial charge in [0.15, 0.2) is 0 Å². The molecule has 3 rings (SSSR count). The average Bonchev–Trinajstić information content (AvgIpc) is 2.39. The molecule has 1 aromatic rings. The van der Waals surface area contributed by atoms with Crippen LogP contribution < -0.4 is 0 Å². The summed E-state index contributed by atoms with van der Waals surface area (Å²) in [4.78, 5) is 5.01. The maximum Gasteiger partial charge on any atom is 0.0876 e. The maximum atomic E-state index is 6.37. The number of hydrogen-bond donors (Lipinski definition) is 0. The van der Waals surface area contributed by atoms with Crippen molar-refractivity contribution >= 4 is 0 Å². The molecule has 3 nitrogen and oxygen atoms in total. The first kappa shape index (κ1) is 16.9. The molecule has 2 fully saturated rings. The number of ether oxygens (including phenoxy) is 1. The summed E-state index contributed by atoms with van der Waals surface area (Å²) in [6.45, 7) is 16.8. The second kappa shape index (κ2) is 5.58. The standard InChI is InChI=1S/C20H32N2O/c1-16-7-9-17(10-8-16)19(4,5)23-15-18(2,3)22-13-20(14-22)11-21(6)12-20/h7-10H,11-15H2,1-6H3. The molecule has 0 saturated carbocycles. The number of benzene rings is 1. The van der Waals surface area contributed by atoms with Gasteiger partial charge in [-0.1, -0.05) is 29.8 Å². The van der Waals surface area contributed by atoms with Gasteiger partial charge in [0, 0.05) is 37.1 Å². The van der Waals surface area contributed by atoms with Crippen LogP contribution in [0.5, 0.6) is 0 Å². The second-order valence-electron chi connectivity index (χ2n) is 9.01. The van der Waals surface area contributed by atoms with Crippen LogP contribution in [0.15, 0.2) is 24.3 Å². The Kier molecular flexibility index (Phi) is 4.11. The van der Waals surface area contributed by atoms with Crippen LogP contribution in [0.25, 0.3) is 0 Å². The van der Waals surface area contributed by atoms with E-state index < -0.39 is 0 Å². The highest BCUT2D eigenvalue weighted by Gasteiger charge is 2.53. The molecule has 0 aromatic heterocycles. The van der Waals surface area contributed by atoms with Crippen LogP contribution in [0.1, 0.15) is 38.8 Å². The SMILES string of the molecule is Cc1ccc(C(C)(C)OCC(C)(C)N2CC3(CN(C)C3)C2)cc1. The van der Waals surface area contributed by atoms with Gasteiger partial charge in [-0.2, -0.15) is 0 Å². The van der Waals surface area contributed by atoms with E-state index in [4.69, 9.17) is 4.74 Å². The summed E-state index contributed by atoms with van der Waals surface area (Å²) in [5.41, 5.74) is 2.98. The van der Waals surface area contributed by atoms with Crippen LogP contribution >= 0.6 is 0 Å². The molecule has 0 unspecified atom stereocenters. The Balaban J connectivity index is 1.55. The number of aryl methyl sites for hydroxylation is 1.